The monoisotopic (exact) mass is 276 g/mol. The van der Waals surface area contributed by atoms with Gasteiger partial charge in [0.2, 0.25) is 0 Å². The molecule has 1 aliphatic heterocycles. The molecule has 2 rings (SSSR count). The molecule has 108 valence electrons. The van der Waals surface area contributed by atoms with Crippen molar-refractivity contribution < 1.29 is 14.2 Å². The standard InChI is InChI=1S/C15H20N2O3/c1-18-14-10-17(11-15(14)19-2)7-8-20-13-5-3-12(9-16)4-6-13/h3-6,14-15H,7-8,10-11H2,1-2H3. The lowest BCUT2D eigenvalue weighted by molar-refractivity contribution is -0.00461. The van der Waals surface area contributed by atoms with Crippen LogP contribution in [0.5, 0.6) is 5.75 Å². The fourth-order valence-corrected chi connectivity index (χ4v) is 2.37. The van der Waals surface area contributed by atoms with E-state index in [-0.39, 0.29) is 12.2 Å². The van der Waals surface area contributed by atoms with Gasteiger partial charge in [-0.05, 0) is 24.3 Å². The van der Waals surface area contributed by atoms with Crippen LogP contribution in [0.2, 0.25) is 0 Å². The third-order valence-electron chi connectivity index (χ3n) is 3.56. The molecule has 0 spiro atoms. The minimum absolute atomic E-state index is 0.134. The first-order valence-corrected chi connectivity index (χ1v) is 6.67. The van der Waals surface area contributed by atoms with E-state index in [1.165, 1.54) is 0 Å². The van der Waals surface area contributed by atoms with Gasteiger partial charge in [-0.2, -0.15) is 5.26 Å². The van der Waals surface area contributed by atoms with E-state index in [9.17, 15) is 0 Å². The largest absolute Gasteiger partial charge is 0.492 e. The number of likely N-dealkylation sites (tertiary alicyclic amines) is 1. The van der Waals surface area contributed by atoms with E-state index in [1.807, 2.05) is 12.1 Å². The molecule has 0 N–H and O–H groups in total. The summed E-state index contributed by atoms with van der Waals surface area (Å²) in [6.07, 6.45) is 0.268. The molecule has 0 bridgehead atoms. The predicted molar refractivity (Wildman–Crippen MR) is 74.7 cm³/mol. The number of nitriles is 1. The highest BCUT2D eigenvalue weighted by Gasteiger charge is 2.32. The Morgan fingerprint density at radius 3 is 2.25 bits per heavy atom. The third-order valence-corrected chi connectivity index (χ3v) is 3.56. The summed E-state index contributed by atoms with van der Waals surface area (Å²) in [7, 11) is 3.43. The third kappa shape index (κ3) is 3.70. The highest BCUT2D eigenvalue weighted by molar-refractivity contribution is 5.34. The molecule has 2 unspecified atom stereocenters. The van der Waals surface area contributed by atoms with E-state index in [0.29, 0.717) is 12.2 Å². The molecule has 0 saturated carbocycles. The molecule has 1 heterocycles. The highest BCUT2D eigenvalue weighted by atomic mass is 16.5. The topological polar surface area (TPSA) is 54.7 Å². The van der Waals surface area contributed by atoms with Crippen molar-refractivity contribution in [1.82, 2.24) is 4.90 Å². The highest BCUT2D eigenvalue weighted by Crippen LogP contribution is 2.16. The molecule has 1 aromatic rings. The minimum Gasteiger partial charge on any atom is -0.492 e. The molecular weight excluding hydrogens is 256 g/mol. The summed E-state index contributed by atoms with van der Waals surface area (Å²) in [5, 5.41) is 8.72. The van der Waals surface area contributed by atoms with Crippen LogP contribution < -0.4 is 4.74 Å². The van der Waals surface area contributed by atoms with Gasteiger partial charge in [0.15, 0.2) is 0 Å². The zero-order chi connectivity index (χ0) is 14.4. The normalized spacial score (nSPS) is 22.6. The van der Waals surface area contributed by atoms with Crippen molar-refractivity contribution in [3.8, 4) is 11.8 Å². The van der Waals surface area contributed by atoms with E-state index in [1.54, 1.807) is 26.4 Å². The summed E-state index contributed by atoms with van der Waals surface area (Å²) in [6, 6.07) is 9.24. The van der Waals surface area contributed by atoms with Gasteiger partial charge < -0.3 is 14.2 Å². The Hall–Kier alpha value is -1.61. The molecule has 0 amide bonds. The van der Waals surface area contributed by atoms with Gasteiger partial charge in [-0.15, -0.1) is 0 Å². The number of hydrogen-bond donors (Lipinski definition) is 0. The number of benzene rings is 1. The van der Waals surface area contributed by atoms with Crippen LogP contribution in [-0.2, 0) is 9.47 Å². The summed E-state index contributed by atoms with van der Waals surface area (Å²) in [4.78, 5) is 2.27. The lowest BCUT2D eigenvalue weighted by Gasteiger charge is -2.15. The van der Waals surface area contributed by atoms with Crippen LogP contribution >= 0.6 is 0 Å². The van der Waals surface area contributed by atoms with E-state index in [4.69, 9.17) is 19.5 Å². The van der Waals surface area contributed by atoms with Gasteiger partial charge >= 0.3 is 0 Å². The average molecular weight is 276 g/mol. The Kier molecular flexibility index (Phi) is 5.36. The van der Waals surface area contributed by atoms with E-state index in [2.05, 4.69) is 11.0 Å². The minimum atomic E-state index is 0.134. The fourth-order valence-electron chi connectivity index (χ4n) is 2.37. The molecule has 20 heavy (non-hydrogen) atoms. The SMILES string of the molecule is COC1CN(CCOc2ccc(C#N)cc2)CC1OC. The number of hydrogen-bond acceptors (Lipinski definition) is 5. The van der Waals surface area contributed by atoms with E-state index in [0.717, 1.165) is 25.4 Å². The van der Waals surface area contributed by atoms with Crippen LogP contribution in [0.4, 0.5) is 0 Å². The molecule has 1 aromatic carbocycles. The maximum Gasteiger partial charge on any atom is 0.119 e. The number of nitrogens with zero attached hydrogens (tertiary/aromatic N) is 2. The summed E-state index contributed by atoms with van der Waals surface area (Å²) in [6.45, 7) is 3.18. The molecule has 0 aromatic heterocycles. The second kappa shape index (κ2) is 7.25. The molecule has 0 aliphatic carbocycles. The lowest BCUT2D eigenvalue weighted by Crippen LogP contribution is -2.27. The van der Waals surface area contributed by atoms with Gasteiger partial charge in [-0.1, -0.05) is 0 Å². The molecule has 0 radical (unpaired) electrons. The lowest BCUT2D eigenvalue weighted by atomic mass is 10.2. The Balaban J connectivity index is 1.74. The first-order valence-electron chi connectivity index (χ1n) is 6.67. The number of methoxy groups -OCH3 is 2. The van der Waals surface area contributed by atoms with Crippen molar-refractivity contribution in [3.05, 3.63) is 29.8 Å². The molecule has 1 aliphatic rings. The Bertz CT molecular complexity index is 443. The van der Waals surface area contributed by atoms with Crippen LogP contribution in [-0.4, -0.2) is 57.6 Å². The van der Waals surface area contributed by atoms with E-state index < -0.39 is 0 Å². The maximum atomic E-state index is 8.72. The summed E-state index contributed by atoms with van der Waals surface area (Å²) in [5.41, 5.74) is 0.641. The fraction of sp³-hybridized carbons (Fsp3) is 0.533. The van der Waals surface area contributed by atoms with Crippen molar-refractivity contribution in [2.45, 2.75) is 12.2 Å². The van der Waals surface area contributed by atoms with E-state index >= 15 is 0 Å². The zero-order valence-corrected chi connectivity index (χ0v) is 11.9. The number of rotatable bonds is 6. The number of ether oxygens (including phenoxy) is 3. The molecule has 1 saturated heterocycles. The van der Waals surface area contributed by atoms with Crippen LogP contribution in [0.15, 0.2) is 24.3 Å². The summed E-state index contributed by atoms with van der Waals surface area (Å²) >= 11 is 0. The summed E-state index contributed by atoms with van der Waals surface area (Å²) in [5.74, 6) is 0.787. The van der Waals surface area contributed by atoms with Crippen LogP contribution in [0, 0.1) is 11.3 Å². The zero-order valence-electron chi connectivity index (χ0n) is 11.9. The van der Waals surface area contributed by atoms with Crippen LogP contribution in [0.25, 0.3) is 0 Å². The van der Waals surface area contributed by atoms with Gasteiger partial charge in [0, 0.05) is 33.9 Å². The average Bonchev–Trinajstić information content (AvgIpc) is 2.90. The van der Waals surface area contributed by atoms with Crippen molar-refractivity contribution in [1.29, 1.82) is 5.26 Å². The smallest absolute Gasteiger partial charge is 0.119 e. The molecule has 2 atom stereocenters. The summed E-state index contributed by atoms with van der Waals surface area (Å²) < 4.78 is 16.5. The van der Waals surface area contributed by atoms with Gasteiger partial charge in [0.1, 0.15) is 12.4 Å². The molecule has 5 heteroatoms. The van der Waals surface area contributed by atoms with Gasteiger partial charge in [0.05, 0.1) is 23.8 Å². The Morgan fingerprint density at radius 1 is 1.15 bits per heavy atom. The van der Waals surface area contributed by atoms with Gasteiger partial charge in [-0.25, -0.2) is 0 Å². The molecule has 5 nitrogen and oxygen atoms in total. The van der Waals surface area contributed by atoms with Crippen LogP contribution in [0.3, 0.4) is 0 Å². The second-order valence-electron chi connectivity index (χ2n) is 4.79. The second-order valence-corrected chi connectivity index (χ2v) is 4.79. The quantitative estimate of drug-likeness (QED) is 0.783. The first kappa shape index (κ1) is 14.8. The Labute approximate surface area is 119 Å². The van der Waals surface area contributed by atoms with Crippen molar-refractivity contribution >= 4 is 0 Å². The van der Waals surface area contributed by atoms with Crippen molar-refractivity contribution in [3.63, 3.8) is 0 Å². The Morgan fingerprint density at radius 2 is 1.75 bits per heavy atom. The van der Waals surface area contributed by atoms with Crippen LogP contribution in [0.1, 0.15) is 5.56 Å². The first-order chi connectivity index (χ1) is 9.76. The van der Waals surface area contributed by atoms with Gasteiger partial charge in [0.25, 0.3) is 0 Å². The molecular formula is C15H20N2O3. The van der Waals surface area contributed by atoms with Crippen molar-refractivity contribution in [2.75, 3.05) is 40.5 Å². The van der Waals surface area contributed by atoms with Gasteiger partial charge in [-0.3, -0.25) is 4.90 Å². The maximum absolute atomic E-state index is 8.72. The molecule has 1 fully saturated rings. The van der Waals surface area contributed by atoms with Crippen molar-refractivity contribution in [2.24, 2.45) is 0 Å². The predicted octanol–water partition coefficient (Wildman–Crippen LogP) is 1.28.